The topological polar surface area (TPSA) is 84.5 Å². The van der Waals surface area contributed by atoms with Crippen LogP contribution < -0.4 is 10.6 Å². The van der Waals surface area contributed by atoms with Crippen molar-refractivity contribution in [2.24, 2.45) is 0 Å². The van der Waals surface area contributed by atoms with Gasteiger partial charge in [0, 0.05) is 26.8 Å². The minimum atomic E-state index is -0.338. The lowest BCUT2D eigenvalue weighted by Gasteiger charge is -2.23. The summed E-state index contributed by atoms with van der Waals surface area (Å²) in [4.78, 5) is 30.7. The van der Waals surface area contributed by atoms with Gasteiger partial charge in [0.05, 0.1) is 12.0 Å². The Hall–Kier alpha value is -1.69. The number of allylic oxidation sites excluding steroid dienone is 1. The number of hydrogen-bond donors (Lipinski definition) is 2. The first-order chi connectivity index (χ1) is 11.8. The molecule has 0 heterocycles. The predicted molar refractivity (Wildman–Crippen MR) is 108 cm³/mol. The van der Waals surface area contributed by atoms with Crippen molar-refractivity contribution in [3.05, 3.63) is 12.2 Å². The number of aldehydes is 1. The Morgan fingerprint density at radius 1 is 0.960 bits per heavy atom. The Balaban J connectivity index is -0.0000000838. The van der Waals surface area contributed by atoms with Crippen molar-refractivity contribution in [2.75, 3.05) is 20.7 Å². The standard InChI is InChI=1S/C8H17NO2.C5H7NO2.3C2H6/c1-5-11-8(2,3)6-7(10)9-4;1-6-5(8)3-2-4-7;3*1-2/h5-6H2,1-4H3,(H,9,10);2-4H,1H3,(H,6,8);3*1-2H3/b;3-2-;;;. The maximum atomic E-state index is 10.9. The smallest absolute Gasteiger partial charge is 0.243 e. The molecule has 2 amide bonds. The number of carbonyl (C=O) groups excluding carboxylic acids is 3. The minimum Gasteiger partial charge on any atom is -0.375 e. The fraction of sp³-hybridized carbons (Fsp3) is 0.737. The van der Waals surface area contributed by atoms with E-state index in [0.29, 0.717) is 19.3 Å². The third-order valence-electron chi connectivity index (χ3n) is 1.97. The van der Waals surface area contributed by atoms with Crippen LogP contribution in [0.1, 0.15) is 68.7 Å². The molecule has 0 aliphatic rings. The summed E-state index contributed by atoms with van der Waals surface area (Å²) >= 11 is 0. The summed E-state index contributed by atoms with van der Waals surface area (Å²) in [6.07, 6.45) is 3.26. The molecule has 0 aromatic carbocycles. The largest absolute Gasteiger partial charge is 0.375 e. The van der Waals surface area contributed by atoms with Gasteiger partial charge in [-0.05, 0) is 26.8 Å². The third kappa shape index (κ3) is 39.3. The van der Waals surface area contributed by atoms with Gasteiger partial charge in [0.1, 0.15) is 6.29 Å². The molecule has 0 aromatic heterocycles. The third-order valence-corrected chi connectivity index (χ3v) is 1.97. The highest BCUT2D eigenvalue weighted by Gasteiger charge is 2.20. The monoisotopic (exact) mass is 362 g/mol. The summed E-state index contributed by atoms with van der Waals surface area (Å²) in [6, 6.07) is 0. The second-order valence-corrected chi connectivity index (χ2v) is 4.15. The summed E-state index contributed by atoms with van der Waals surface area (Å²) in [6.45, 7) is 18.4. The molecule has 0 radical (unpaired) electrons. The van der Waals surface area contributed by atoms with Gasteiger partial charge in [-0.1, -0.05) is 41.5 Å². The summed E-state index contributed by atoms with van der Waals surface area (Å²) in [5, 5.41) is 4.88. The number of rotatable bonds is 6. The van der Waals surface area contributed by atoms with Gasteiger partial charge in [0.2, 0.25) is 11.8 Å². The second kappa shape index (κ2) is 30.2. The molecule has 0 fully saturated rings. The molecule has 0 aliphatic carbocycles. The highest BCUT2D eigenvalue weighted by molar-refractivity contribution is 5.90. The molecule has 0 spiro atoms. The number of hydrogen-bond acceptors (Lipinski definition) is 4. The Labute approximate surface area is 155 Å². The van der Waals surface area contributed by atoms with E-state index in [9.17, 15) is 14.4 Å². The number of carbonyl (C=O) groups is 3. The van der Waals surface area contributed by atoms with Crippen LogP contribution in [-0.2, 0) is 19.1 Å². The van der Waals surface area contributed by atoms with Crippen LogP contribution in [0, 0.1) is 0 Å². The molecular weight excluding hydrogens is 320 g/mol. The number of likely N-dealkylation sites (N-methyl/N-ethyl adjacent to an activating group) is 1. The van der Waals surface area contributed by atoms with Gasteiger partial charge >= 0.3 is 0 Å². The van der Waals surface area contributed by atoms with Crippen LogP contribution in [0.3, 0.4) is 0 Å². The zero-order valence-electron chi connectivity index (χ0n) is 18.3. The van der Waals surface area contributed by atoms with Gasteiger partial charge in [0.25, 0.3) is 0 Å². The Bertz CT molecular complexity index is 315. The van der Waals surface area contributed by atoms with Gasteiger partial charge in [0.15, 0.2) is 0 Å². The first kappa shape index (κ1) is 34.6. The lowest BCUT2D eigenvalue weighted by molar-refractivity contribution is -0.126. The molecule has 6 nitrogen and oxygen atoms in total. The molecule has 0 unspecified atom stereocenters. The van der Waals surface area contributed by atoms with Gasteiger partial charge in [-0.15, -0.1) is 0 Å². The van der Waals surface area contributed by atoms with E-state index in [1.807, 2.05) is 62.3 Å². The SMILES string of the molecule is CC.CC.CC.CCOC(C)(C)CC(=O)NC.CNC(=O)/C=C\C=O. The molecule has 0 atom stereocenters. The van der Waals surface area contributed by atoms with E-state index < -0.39 is 0 Å². The summed E-state index contributed by atoms with van der Waals surface area (Å²) in [7, 11) is 3.13. The molecule has 0 saturated heterocycles. The van der Waals surface area contributed by atoms with Crippen molar-refractivity contribution in [1.82, 2.24) is 10.6 Å². The average Bonchev–Trinajstić information content (AvgIpc) is 2.64. The molecule has 0 rings (SSSR count). The van der Waals surface area contributed by atoms with E-state index in [-0.39, 0.29) is 17.4 Å². The van der Waals surface area contributed by atoms with Gasteiger partial charge in [-0.2, -0.15) is 0 Å². The molecule has 0 aliphatic heterocycles. The zero-order valence-corrected chi connectivity index (χ0v) is 18.3. The van der Waals surface area contributed by atoms with Crippen molar-refractivity contribution < 1.29 is 19.1 Å². The number of amides is 2. The van der Waals surface area contributed by atoms with Crippen LogP contribution >= 0.6 is 0 Å². The van der Waals surface area contributed by atoms with Gasteiger partial charge < -0.3 is 15.4 Å². The zero-order chi connectivity index (χ0) is 21.3. The van der Waals surface area contributed by atoms with Crippen LogP contribution in [0.15, 0.2) is 12.2 Å². The Kier molecular flexibility index (Phi) is 41.8. The second-order valence-electron chi connectivity index (χ2n) is 4.15. The number of nitrogens with one attached hydrogen (secondary N) is 2. The molecule has 0 saturated carbocycles. The maximum Gasteiger partial charge on any atom is 0.243 e. The molecule has 0 aromatic rings. The van der Waals surface area contributed by atoms with Crippen molar-refractivity contribution in [3.8, 4) is 0 Å². The van der Waals surface area contributed by atoms with E-state index >= 15 is 0 Å². The maximum absolute atomic E-state index is 10.9. The van der Waals surface area contributed by atoms with Crippen molar-refractivity contribution in [1.29, 1.82) is 0 Å². The van der Waals surface area contributed by atoms with Crippen LogP contribution in [0.2, 0.25) is 0 Å². The molecule has 25 heavy (non-hydrogen) atoms. The molecule has 2 N–H and O–H groups in total. The predicted octanol–water partition coefficient (Wildman–Crippen LogP) is 3.50. The van der Waals surface area contributed by atoms with Crippen LogP contribution in [0.5, 0.6) is 0 Å². The highest BCUT2D eigenvalue weighted by atomic mass is 16.5. The van der Waals surface area contributed by atoms with E-state index in [0.717, 1.165) is 12.2 Å². The van der Waals surface area contributed by atoms with Crippen LogP contribution in [0.4, 0.5) is 0 Å². The first-order valence-electron chi connectivity index (χ1n) is 9.01. The average molecular weight is 363 g/mol. The molecule has 152 valence electrons. The fourth-order valence-corrected chi connectivity index (χ4v) is 1.13. The first-order valence-corrected chi connectivity index (χ1v) is 9.01. The number of ether oxygens (including phenoxy) is 1. The summed E-state index contributed by atoms with van der Waals surface area (Å²) in [5.74, 6) is -0.249. The van der Waals surface area contributed by atoms with E-state index in [2.05, 4.69) is 10.6 Å². The summed E-state index contributed by atoms with van der Waals surface area (Å²) < 4.78 is 5.34. The van der Waals surface area contributed by atoms with E-state index in [1.165, 1.54) is 7.05 Å². The molecule has 0 bridgehead atoms. The lowest BCUT2D eigenvalue weighted by atomic mass is 10.1. The Morgan fingerprint density at radius 3 is 1.68 bits per heavy atom. The van der Waals surface area contributed by atoms with E-state index in [1.54, 1.807) is 7.05 Å². The molecule has 6 heteroatoms. The van der Waals surface area contributed by atoms with E-state index in [4.69, 9.17) is 4.74 Å². The Morgan fingerprint density at radius 2 is 1.40 bits per heavy atom. The lowest BCUT2D eigenvalue weighted by Crippen LogP contribution is -2.32. The van der Waals surface area contributed by atoms with Crippen LogP contribution in [-0.4, -0.2) is 44.4 Å². The normalized spacial score (nSPS) is 8.60. The van der Waals surface area contributed by atoms with Crippen molar-refractivity contribution >= 4 is 18.1 Å². The van der Waals surface area contributed by atoms with Crippen molar-refractivity contribution in [3.63, 3.8) is 0 Å². The fourth-order valence-electron chi connectivity index (χ4n) is 1.13. The highest BCUT2D eigenvalue weighted by Crippen LogP contribution is 2.13. The summed E-state index contributed by atoms with van der Waals surface area (Å²) in [5.41, 5.74) is -0.338. The van der Waals surface area contributed by atoms with Gasteiger partial charge in [-0.25, -0.2) is 0 Å². The van der Waals surface area contributed by atoms with Crippen LogP contribution in [0.25, 0.3) is 0 Å². The van der Waals surface area contributed by atoms with Crippen molar-refractivity contribution in [2.45, 2.75) is 74.3 Å². The molecular formula is C19H42N2O4. The minimum absolute atomic E-state index is 0.0171. The quantitative estimate of drug-likeness (QED) is 0.559. The van der Waals surface area contributed by atoms with Gasteiger partial charge in [-0.3, -0.25) is 14.4 Å².